The van der Waals surface area contributed by atoms with Crippen molar-refractivity contribution in [1.29, 1.82) is 0 Å². The first-order valence-corrected chi connectivity index (χ1v) is 7.95. The van der Waals surface area contributed by atoms with E-state index in [1.54, 1.807) is 0 Å². The second-order valence-corrected chi connectivity index (χ2v) is 6.83. The quantitative estimate of drug-likeness (QED) is 0.701. The van der Waals surface area contributed by atoms with Crippen LogP contribution < -0.4 is 0 Å². The number of aryl methyl sites for hydroxylation is 2. The minimum Gasteiger partial charge on any atom is -0.256 e. The van der Waals surface area contributed by atoms with Crippen LogP contribution in [0.4, 0.5) is 0 Å². The first-order chi connectivity index (χ1) is 9.88. The fourth-order valence-corrected chi connectivity index (χ4v) is 2.92. The Morgan fingerprint density at radius 1 is 0.952 bits per heavy atom. The van der Waals surface area contributed by atoms with Crippen molar-refractivity contribution in [3.05, 3.63) is 52.7 Å². The highest BCUT2D eigenvalue weighted by molar-refractivity contribution is 5.65. The molecule has 0 amide bonds. The molecule has 0 aliphatic carbocycles. The molecule has 0 bridgehead atoms. The molecule has 1 aromatic carbocycles. The van der Waals surface area contributed by atoms with E-state index in [-0.39, 0.29) is 0 Å². The van der Waals surface area contributed by atoms with Crippen LogP contribution in [0.2, 0.25) is 0 Å². The monoisotopic (exact) mass is 281 g/mol. The number of nitrogens with zero attached hydrogens (tertiary/aromatic N) is 1. The van der Waals surface area contributed by atoms with Crippen LogP contribution >= 0.6 is 0 Å². The van der Waals surface area contributed by atoms with Gasteiger partial charge in [0.1, 0.15) is 0 Å². The van der Waals surface area contributed by atoms with Gasteiger partial charge >= 0.3 is 0 Å². The van der Waals surface area contributed by atoms with Crippen molar-refractivity contribution in [3.63, 3.8) is 0 Å². The van der Waals surface area contributed by atoms with Crippen molar-refractivity contribution in [3.8, 4) is 11.3 Å². The van der Waals surface area contributed by atoms with Crippen molar-refractivity contribution in [2.75, 3.05) is 0 Å². The van der Waals surface area contributed by atoms with Crippen LogP contribution in [0, 0.1) is 19.8 Å². The van der Waals surface area contributed by atoms with E-state index in [1.165, 1.54) is 27.8 Å². The molecule has 0 unspecified atom stereocenters. The number of aromatic nitrogens is 1. The van der Waals surface area contributed by atoms with Gasteiger partial charge in [0, 0.05) is 11.8 Å². The first kappa shape index (κ1) is 15.8. The molecule has 2 rings (SSSR count). The summed E-state index contributed by atoms with van der Waals surface area (Å²) in [6, 6.07) is 9.05. The van der Waals surface area contributed by atoms with Crippen molar-refractivity contribution in [1.82, 2.24) is 4.98 Å². The number of hydrogen-bond donors (Lipinski definition) is 0. The van der Waals surface area contributed by atoms with Crippen LogP contribution in [0.1, 0.15) is 55.9 Å². The summed E-state index contributed by atoms with van der Waals surface area (Å²) in [5.41, 5.74) is 7.76. The van der Waals surface area contributed by atoms with Gasteiger partial charge in [0.15, 0.2) is 0 Å². The molecule has 1 nitrogen and oxygen atoms in total. The number of rotatable bonds is 4. The molecule has 112 valence electrons. The van der Waals surface area contributed by atoms with Crippen molar-refractivity contribution < 1.29 is 0 Å². The van der Waals surface area contributed by atoms with Gasteiger partial charge in [-0.3, -0.25) is 4.98 Å². The number of hydrogen-bond acceptors (Lipinski definition) is 1. The smallest absolute Gasteiger partial charge is 0.0707 e. The predicted octanol–water partition coefficient (Wildman–Crippen LogP) is 5.69. The summed E-state index contributed by atoms with van der Waals surface area (Å²) in [6.45, 7) is 13.3. The SMILES string of the molecule is Cc1cc(CC(C)C)ccc1-c1cc(C(C)C)c(C)cn1. The third kappa shape index (κ3) is 3.72. The summed E-state index contributed by atoms with van der Waals surface area (Å²) in [5.74, 6) is 1.23. The van der Waals surface area contributed by atoms with Crippen LogP contribution in [0.3, 0.4) is 0 Å². The topological polar surface area (TPSA) is 12.9 Å². The molecule has 1 heterocycles. The number of pyridine rings is 1. The molecule has 0 radical (unpaired) electrons. The molecule has 0 saturated heterocycles. The predicted molar refractivity (Wildman–Crippen MR) is 91.8 cm³/mol. The van der Waals surface area contributed by atoms with Gasteiger partial charge in [-0.25, -0.2) is 0 Å². The summed E-state index contributed by atoms with van der Waals surface area (Å²) in [4.78, 5) is 4.64. The van der Waals surface area contributed by atoms with Gasteiger partial charge < -0.3 is 0 Å². The zero-order chi connectivity index (χ0) is 15.6. The highest BCUT2D eigenvalue weighted by Crippen LogP contribution is 2.27. The average Bonchev–Trinajstić information content (AvgIpc) is 2.39. The standard InChI is InChI=1S/C20H27N/c1-13(2)9-17-7-8-18(15(5)10-17)20-11-19(14(3)4)16(6)12-21-20/h7-8,10-14H,9H2,1-6H3. The van der Waals surface area contributed by atoms with Crippen LogP contribution in [0.15, 0.2) is 30.5 Å². The summed E-state index contributed by atoms with van der Waals surface area (Å²) >= 11 is 0. The van der Waals surface area contributed by atoms with Gasteiger partial charge in [-0.2, -0.15) is 0 Å². The largest absolute Gasteiger partial charge is 0.256 e. The lowest BCUT2D eigenvalue weighted by Crippen LogP contribution is -1.98. The van der Waals surface area contributed by atoms with Gasteiger partial charge in [-0.1, -0.05) is 45.9 Å². The van der Waals surface area contributed by atoms with E-state index >= 15 is 0 Å². The van der Waals surface area contributed by atoms with Crippen LogP contribution in [-0.2, 0) is 6.42 Å². The zero-order valence-corrected chi connectivity index (χ0v) is 14.2. The lowest BCUT2D eigenvalue weighted by atomic mass is 9.94. The Balaban J connectivity index is 2.40. The Morgan fingerprint density at radius 2 is 1.67 bits per heavy atom. The Morgan fingerprint density at radius 3 is 2.24 bits per heavy atom. The van der Waals surface area contributed by atoms with E-state index in [4.69, 9.17) is 0 Å². The van der Waals surface area contributed by atoms with E-state index in [1.807, 2.05) is 6.20 Å². The summed E-state index contributed by atoms with van der Waals surface area (Å²) in [7, 11) is 0. The fourth-order valence-electron chi connectivity index (χ4n) is 2.92. The second kappa shape index (κ2) is 6.43. The van der Waals surface area contributed by atoms with Crippen LogP contribution in [-0.4, -0.2) is 4.98 Å². The third-order valence-corrected chi connectivity index (χ3v) is 3.98. The molecule has 0 N–H and O–H groups in total. The van der Waals surface area contributed by atoms with E-state index in [2.05, 4.69) is 70.8 Å². The Bertz CT molecular complexity index is 624. The molecule has 21 heavy (non-hydrogen) atoms. The molecule has 0 fully saturated rings. The van der Waals surface area contributed by atoms with Gasteiger partial charge in [0.05, 0.1) is 5.69 Å². The van der Waals surface area contributed by atoms with Crippen molar-refractivity contribution >= 4 is 0 Å². The van der Waals surface area contributed by atoms with Gasteiger partial charge in [0.2, 0.25) is 0 Å². The molecule has 0 atom stereocenters. The highest BCUT2D eigenvalue weighted by atomic mass is 14.7. The minimum absolute atomic E-state index is 0.535. The molecule has 2 aromatic rings. The highest BCUT2D eigenvalue weighted by Gasteiger charge is 2.10. The number of benzene rings is 1. The maximum absolute atomic E-state index is 4.64. The van der Waals surface area contributed by atoms with E-state index < -0.39 is 0 Å². The summed E-state index contributed by atoms with van der Waals surface area (Å²) in [6.07, 6.45) is 3.14. The molecule has 0 spiro atoms. The van der Waals surface area contributed by atoms with Crippen LogP contribution in [0.25, 0.3) is 11.3 Å². The van der Waals surface area contributed by atoms with Crippen molar-refractivity contribution in [2.24, 2.45) is 5.92 Å². The Hall–Kier alpha value is -1.63. The molecule has 1 heteroatoms. The third-order valence-electron chi connectivity index (χ3n) is 3.98. The molecule has 1 aromatic heterocycles. The first-order valence-electron chi connectivity index (χ1n) is 7.95. The minimum atomic E-state index is 0.535. The molecular weight excluding hydrogens is 254 g/mol. The molecular formula is C20H27N. The molecule has 0 saturated carbocycles. The summed E-state index contributed by atoms with van der Waals surface area (Å²) in [5, 5.41) is 0. The van der Waals surface area contributed by atoms with Gasteiger partial charge in [-0.05, 0) is 60.4 Å². The maximum atomic E-state index is 4.64. The second-order valence-electron chi connectivity index (χ2n) is 6.83. The lowest BCUT2D eigenvalue weighted by Gasteiger charge is -2.14. The van der Waals surface area contributed by atoms with Crippen LogP contribution in [0.5, 0.6) is 0 Å². The van der Waals surface area contributed by atoms with E-state index in [0.29, 0.717) is 11.8 Å². The molecule has 0 aliphatic heterocycles. The average molecular weight is 281 g/mol. The van der Waals surface area contributed by atoms with Gasteiger partial charge in [-0.15, -0.1) is 0 Å². The molecule has 0 aliphatic rings. The van der Waals surface area contributed by atoms with Crippen molar-refractivity contribution in [2.45, 2.75) is 53.9 Å². The maximum Gasteiger partial charge on any atom is 0.0707 e. The Kier molecular flexibility index (Phi) is 4.82. The normalized spacial score (nSPS) is 11.4. The summed E-state index contributed by atoms with van der Waals surface area (Å²) < 4.78 is 0. The van der Waals surface area contributed by atoms with E-state index in [0.717, 1.165) is 12.1 Å². The van der Waals surface area contributed by atoms with Gasteiger partial charge in [0.25, 0.3) is 0 Å². The Labute approximate surface area is 129 Å². The van der Waals surface area contributed by atoms with E-state index in [9.17, 15) is 0 Å². The zero-order valence-electron chi connectivity index (χ0n) is 14.2. The fraction of sp³-hybridized carbons (Fsp3) is 0.450. The lowest BCUT2D eigenvalue weighted by molar-refractivity contribution is 0.647.